The van der Waals surface area contributed by atoms with Gasteiger partial charge in [-0.15, -0.1) is 10.2 Å². The first-order valence-electron chi connectivity index (χ1n) is 8.56. The van der Waals surface area contributed by atoms with E-state index in [2.05, 4.69) is 15.3 Å². The molecule has 2 heterocycles. The van der Waals surface area contributed by atoms with Crippen LogP contribution in [0.3, 0.4) is 0 Å². The third-order valence-electron chi connectivity index (χ3n) is 4.41. The van der Waals surface area contributed by atoms with Crippen LogP contribution in [0.5, 0.6) is 23.0 Å². The van der Waals surface area contributed by atoms with Crippen molar-refractivity contribution in [1.82, 2.24) is 19.8 Å². The fourth-order valence-electron chi connectivity index (χ4n) is 3.05. The quantitative estimate of drug-likeness (QED) is 0.481. The number of ether oxygens (including phenoxy) is 4. The molecule has 2 aromatic heterocycles. The van der Waals surface area contributed by atoms with E-state index in [0.717, 1.165) is 10.6 Å². The van der Waals surface area contributed by atoms with Gasteiger partial charge in [-0.3, -0.25) is 0 Å². The summed E-state index contributed by atoms with van der Waals surface area (Å²) in [6, 6.07) is 9.15. The monoisotopic (exact) mass is 413 g/mol. The smallest absolute Gasteiger partial charge is 0.235 e. The van der Waals surface area contributed by atoms with Gasteiger partial charge in [0.1, 0.15) is 10.8 Å². The van der Waals surface area contributed by atoms with Crippen molar-refractivity contribution in [3.63, 3.8) is 0 Å². The lowest BCUT2D eigenvalue weighted by atomic mass is 10.1. The molecular weight excluding hydrogens is 394 g/mol. The van der Waals surface area contributed by atoms with Crippen LogP contribution in [-0.2, 0) is 0 Å². The summed E-state index contributed by atoms with van der Waals surface area (Å²) in [6.07, 6.45) is 0. The molecular formula is C19H19N5O4S. The SMILES string of the molecule is COc1ccc(-c2nn3c(-c4ccc(OC)c(OC)c4OC)nnc3s2)cc1N. The summed E-state index contributed by atoms with van der Waals surface area (Å²) in [4.78, 5) is 0.640. The largest absolute Gasteiger partial charge is 0.495 e. The van der Waals surface area contributed by atoms with Crippen LogP contribution in [-0.4, -0.2) is 48.3 Å². The number of hydrogen-bond acceptors (Lipinski definition) is 9. The van der Waals surface area contributed by atoms with Crippen molar-refractivity contribution in [3.8, 4) is 45.0 Å². The van der Waals surface area contributed by atoms with Gasteiger partial charge in [0.15, 0.2) is 17.3 Å². The number of aromatic nitrogens is 4. The molecule has 4 rings (SSSR count). The first-order chi connectivity index (χ1) is 14.1. The predicted octanol–water partition coefficient (Wildman–Crippen LogP) is 3.14. The average Bonchev–Trinajstić information content (AvgIpc) is 3.33. The summed E-state index contributed by atoms with van der Waals surface area (Å²) < 4.78 is 23.3. The van der Waals surface area contributed by atoms with Gasteiger partial charge in [0.05, 0.1) is 39.7 Å². The molecule has 0 saturated heterocycles. The summed E-state index contributed by atoms with van der Waals surface area (Å²) in [5, 5.41) is 14.0. The minimum Gasteiger partial charge on any atom is -0.495 e. The molecule has 0 atom stereocenters. The second-order valence-electron chi connectivity index (χ2n) is 5.96. The molecule has 0 aliphatic rings. The number of benzene rings is 2. The van der Waals surface area contributed by atoms with Gasteiger partial charge in [-0.05, 0) is 30.3 Å². The van der Waals surface area contributed by atoms with Crippen molar-refractivity contribution in [2.45, 2.75) is 0 Å². The molecule has 4 aromatic rings. The molecule has 2 aromatic carbocycles. The molecule has 0 aliphatic heterocycles. The van der Waals surface area contributed by atoms with Gasteiger partial charge >= 0.3 is 0 Å². The maximum Gasteiger partial charge on any atom is 0.235 e. The third kappa shape index (κ3) is 3.07. The number of fused-ring (bicyclic) bond motifs is 1. The van der Waals surface area contributed by atoms with Crippen molar-refractivity contribution in [2.24, 2.45) is 0 Å². The van der Waals surface area contributed by atoms with Gasteiger partial charge in [-0.2, -0.15) is 9.61 Å². The maximum atomic E-state index is 6.03. The van der Waals surface area contributed by atoms with Gasteiger partial charge < -0.3 is 24.7 Å². The number of nitrogens with two attached hydrogens (primary N) is 1. The van der Waals surface area contributed by atoms with Gasteiger partial charge in [0, 0.05) is 5.56 Å². The first kappa shape index (κ1) is 18.8. The van der Waals surface area contributed by atoms with Crippen molar-refractivity contribution < 1.29 is 18.9 Å². The molecule has 0 unspecified atom stereocenters. The number of methoxy groups -OCH3 is 4. The minimum absolute atomic E-state index is 0.475. The zero-order chi connectivity index (χ0) is 20.5. The Balaban J connectivity index is 1.84. The summed E-state index contributed by atoms with van der Waals surface area (Å²) in [6.45, 7) is 0. The van der Waals surface area contributed by atoms with E-state index in [-0.39, 0.29) is 0 Å². The molecule has 0 amide bonds. The van der Waals surface area contributed by atoms with Gasteiger partial charge in [-0.1, -0.05) is 11.3 Å². The first-order valence-corrected chi connectivity index (χ1v) is 9.38. The second kappa shape index (κ2) is 7.47. The zero-order valence-electron chi connectivity index (χ0n) is 16.3. The highest BCUT2D eigenvalue weighted by atomic mass is 32.1. The summed E-state index contributed by atoms with van der Waals surface area (Å²) in [5.74, 6) is 2.67. The Kier molecular flexibility index (Phi) is 4.85. The Morgan fingerprint density at radius 2 is 1.59 bits per heavy atom. The van der Waals surface area contributed by atoms with E-state index in [1.807, 2.05) is 24.3 Å². The molecule has 0 bridgehead atoms. The van der Waals surface area contributed by atoms with E-state index in [1.54, 1.807) is 39.0 Å². The van der Waals surface area contributed by atoms with Crippen molar-refractivity contribution >= 4 is 22.0 Å². The average molecular weight is 413 g/mol. The standard InChI is InChI=1S/C19H19N5O4S/c1-25-13-7-5-10(9-12(13)20)18-23-24-17(21-22-19(24)29-18)11-6-8-14(26-2)16(28-4)15(11)27-3/h5-9H,20H2,1-4H3. The Hall–Kier alpha value is -3.53. The van der Waals surface area contributed by atoms with Gasteiger partial charge in [0.25, 0.3) is 0 Å². The molecule has 0 spiro atoms. The molecule has 0 aliphatic carbocycles. The normalized spacial score (nSPS) is 10.9. The zero-order valence-corrected chi connectivity index (χ0v) is 17.1. The molecule has 0 saturated carbocycles. The van der Waals surface area contributed by atoms with E-state index in [4.69, 9.17) is 24.7 Å². The second-order valence-corrected chi connectivity index (χ2v) is 6.92. The fourth-order valence-corrected chi connectivity index (χ4v) is 3.88. The Labute approximate surface area is 170 Å². The molecule has 150 valence electrons. The molecule has 0 fully saturated rings. The van der Waals surface area contributed by atoms with E-state index >= 15 is 0 Å². The Morgan fingerprint density at radius 3 is 2.24 bits per heavy atom. The number of nitrogen functional groups attached to an aromatic ring is 1. The Morgan fingerprint density at radius 1 is 0.862 bits per heavy atom. The van der Waals surface area contributed by atoms with Crippen LogP contribution in [0.25, 0.3) is 26.9 Å². The molecule has 29 heavy (non-hydrogen) atoms. The van der Waals surface area contributed by atoms with Crippen molar-refractivity contribution in [2.75, 3.05) is 34.2 Å². The Bertz CT molecular complexity index is 1190. The summed E-state index contributed by atoms with van der Waals surface area (Å²) >= 11 is 1.40. The topological polar surface area (TPSA) is 106 Å². The molecule has 2 N–H and O–H groups in total. The highest BCUT2D eigenvalue weighted by molar-refractivity contribution is 7.19. The summed E-state index contributed by atoms with van der Waals surface area (Å²) in [5.41, 5.74) is 8.12. The molecule has 0 radical (unpaired) electrons. The number of rotatable bonds is 6. The number of anilines is 1. The van der Waals surface area contributed by atoms with Crippen LogP contribution >= 0.6 is 11.3 Å². The lowest BCUT2D eigenvalue weighted by Crippen LogP contribution is -1.99. The number of nitrogens with zero attached hydrogens (tertiary/aromatic N) is 4. The van der Waals surface area contributed by atoms with Crippen LogP contribution in [0.2, 0.25) is 0 Å². The minimum atomic E-state index is 0.475. The van der Waals surface area contributed by atoms with E-state index < -0.39 is 0 Å². The van der Waals surface area contributed by atoms with Gasteiger partial charge in [-0.25, -0.2) is 0 Å². The fraction of sp³-hybridized carbons (Fsp3) is 0.211. The van der Waals surface area contributed by atoms with E-state index in [1.165, 1.54) is 11.3 Å². The molecule has 10 heteroatoms. The predicted molar refractivity (Wildman–Crippen MR) is 110 cm³/mol. The number of hydrogen-bond donors (Lipinski definition) is 1. The summed E-state index contributed by atoms with van der Waals surface area (Å²) in [7, 11) is 6.26. The molecule has 9 nitrogen and oxygen atoms in total. The van der Waals surface area contributed by atoms with Crippen LogP contribution in [0.15, 0.2) is 30.3 Å². The highest BCUT2D eigenvalue weighted by Crippen LogP contribution is 2.44. The van der Waals surface area contributed by atoms with Gasteiger partial charge in [0.2, 0.25) is 10.7 Å². The van der Waals surface area contributed by atoms with E-state index in [0.29, 0.717) is 45.0 Å². The van der Waals surface area contributed by atoms with Crippen LogP contribution in [0.1, 0.15) is 0 Å². The lowest BCUT2D eigenvalue weighted by Gasteiger charge is -2.14. The lowest BCUT2D eigenvalue weighted by molar-refractivity contribution is 0.325. The van der Waals surface area contributed by atoms with Crippen LogP contribution in [0.4, 0.5) is 5.69 Å². The van der Waals surface area contributed by atoms with Crippen LogP contribution in [0, 0.1) is 0 Å². The van der Waals surface area contributed by atoms with Crippen LogP contribution < -0.4 is 24.7 Å². The van der Waals surface area contributed by atoms with E-state index in [9.17, 15) is 0 Å². The van der Waals surface area contributed by atoms with Crippen molar-refractivity contribution in [1.29, 1.82) is 0 Å². The van der Waals surface area contributed by atoms with Crippen molar-refractivity contribution in [3.05, 3.63) is 30.3 Å². The maximum absolute atomic E-state index is 6.03. The third-order valence-corrected chi connectivity index (χ3v) is 5.36. The highest BCUT2D eigenvalue weighted by Gasteiger charge is 2.22.